The molecule has 0 amide bonds. The number of rotatable bonds is 4. The van der Waals surface area contributed by atoms with E-state index in [0.29, 0.717) is 11.8 Å². The first-order valence-corrected chi connectivity index (χ1v) is 7.60. The van der Waals surface area contributed by atoms with E-state index in [0.717, 1.165) is 28.4 Å². The highest BCUT2D eigenvalue weighted by Gasteiger charge is 2.14. The fourth-order valence-corrected chi connectivity index (χ4v) is 3.15. The molecule has 0 fully saturated rings. The number of hydrogen-bond donors (Lipinski definition) is 0. The number of fused-ring (bicyclic) bond motifs is 1. The molecule has 2 aromatic heterocycles. The second-order valence-electron chi connectivity index (χ2n) is 4.53. The Labute approximate surface area is 120 Å². The van der Waals surface area contributed by atoms with Crippen molar-refractivity contribution in [3.8, 4) is 0 Å². The molecule has 98 valence electrons. The third-order valence-electron chi connectivity index (χ3n) is 3.18. The Morgan fingerprint density at radius 1 is 1.37 bits per heavy atom. The maximum Gasteiger partial charge on any atom is 0.124 e. The summed E-state index contributed by atoms with van der Waals surface area (Å²) in [6.07, 6.45) is 1.85. The van der Waals surface area contributed by atoms with Gasteiger partial charge in [-0.05, 0) is 12.1 Å². The van der Waals surface area contributed by atoms with Crippen LogP contribution in [0.3, 0.4) is 0 Å². The van der Waals surface area contributed by atoms with Gasteiger partial charge in [-0.25, -0.2) is 9.97 Å². The van der Waals surface area contributed by atoms with E-state index in [1.807, 2.05) is 29.8 Å². The molecule has 0 aliphatic heterocycles. The van der Waals surface area contributed by atoms with E-state index in [1.165, 1.54) is 0 Å². The van der Waals surface area contributed by atoms with Gasteiger partial charge in [0.15, 0.2) is 0 Å². The Morgan fingerprint density at radius 3 is 2.95 bits per heavy atom. The Kier molecular flexibility index (Phi) is 3.53. The van der Waals surface area contributed by atoms with Crippen LogP contribution in [0.4, 0.5) is 0 Å². The summed E-state index contributed by atoms with van der Waals surface area (Å²) in [4.78, 5) is 8.96. The number of benzene rings is 1. The average molecular weight is 292 g/mol. The van der Waals surface area contributed by atoms with E-state index in [-0.39, 0.29) is 0 Å². The predicted octanol–water partition coefficient (Wildman–Crippen LogP) is 4.04. The molecule has 1 unspecified atom stereocenters. The average Bonchev–Trinajstić information content (AvgIpc) is 3.06. The van der Waals surface area contributed by atoms with Gasteiger partial charge in [-0.1, -0.05) is 19.1 Å². The van der Waals surface area contributed by atoms with Crippen molar-refractivity contribution < 1.29 is 0 Å². The van der Waals surface area contributed by atoms with E-state index >= 15 is 0 Å². The number of hydrogen-bond acceptors (Lipinski definition) is 3. The minimum absolute atomic E-state index is 0.361. The molecule has 1 aromatic carbocycles. The second kappa shape index (κ2) is 5.31. The Morgan fingerprint density at radius 2 is 2.21 bits per heavy atom. The molecule has 0 N–H and O–H groups in total. The number of para-hydroxylation sites is 2. The van der Waals surface area contributed by atoms with Gasteiger partial charge in [-0.15, -0.1) is 22.9 Å². The van der Waals surface area contributed by atoms with Gasteiger partial charge >= 0.3 is 0 Å². The maximum absolute atomic E-state index is 6.02. The van der Waals surface area contributed by atoms with Crippen molar-refractivity contribution in [3.05, 3.63) is 46.7 Å². The molecule has 5 heteroatoms. The first kappa shape index (κ1) is 12.6. The quantitative estimate of drug-likeness (QED) is 0.679. The van der Waals surface area contributed by atoms with Gasteiger partial charge in [0.05, 0.1) is 21.9 Å². The van der Waals surface area contributed by atoms with E-state index in [2.05, 4.69) is 27.5 Å². The number of alkyl halides is 1. The second-order valence-corrected chi connectivity index (χ2v) is 5.73. The highest BCUT2D eigenvalue weighted by Crippen LogP contribution is 2.24. The maximum atomic E-state index is 6.02. The summed E-state index contributed by atoms with van der Waals surface area (Å²) in [7, 11) is 0. The minimum atomic E-state index is 0.361. The summed E-state index contributed by atoms with van der Waals surface area (Å²) in [5, 5.41) is 3.17. The summed E-state index contributed by atoms with van der Waals surface area (Å²) >= 11 is 7.71. The van der Waals surface area contributed by atoms with E-state index in [1.54, 1.807) is 11.3 Å². The molecule has 0 radical (unpaired) electrons. The van der Waals surface area contributed by atoms with Crippen LogP contribution in [0.5, 0.6) is 0 Å². The SMILES string of the molecule is CC(Cn1c(CCl)nc2ccccc21)c1nccs1. The van der Waals surface area contributed by atoms with Crippen LogP contribution in [0.25, 0.3) is 11.0 Å². The molecule has 3 aromatic rings. The fourth-order valence-electron chi connectivity index (χ4n) is 2.26. The Bertz CT molecular complexity index is 675. The molecule has 0 saturated heterocycles. The zero-order chi connectivity index (χ0) is 13.2. The monoisotopic (exact) mass is 291 g/mol. The normalized spacial score (nSPS) is 12.9. The van der Waals surface area contributed by atoms with Crippen LogP contribution in [-0.2, 0) is 12.4 Å². The van der Waals surface area contributed by atoms with Crippen LogP contribution in [-0.4, -0.2) is 14.5 Å². The Hall–Kier alpha value is -1.39. The molecule has 19 heavy (non-hydrogen) atoms. The largest absolute Gasteiger partial charge is 0.326 e. The molecule has 1 atom stereocenters. The van der Waals surface area contributed by atoms with Gasteiger partial charge in [-0.2, -0.15) is 0 Å². The molecule has 0 spiro atoms. The number of nitrogens with zero attached hydrogens (tertiary/aromatic N) is 3. The molecular formula is C14H14ClN3S. The van der Waals surface area contributed by atoms with Crippen LogP contribution < -0.4 is 0 Å². The van der Waals surface area contributed by atoms with E-state index in [9.17, 15) is 0 Å². The van der Waals surface area contributed by atoms with Gasteiger partial charge in [-0.3, -0.25) is 0 Å². The highest BCUT2D eigenvalue weighted by atomic mass is 35.5. The number of imidazole rings is 1. The van der Waals surface area contributed by atoms with Crippen LogP contribution in [0.1, 0.15) is 23.7 Å². The van der Waals surface area contributed by atoms with Gasteiger partial charge < -0.3 is 4.57 Å². The molecule has 3 nitrogen and oxygen atoms in total. The number of halogens is 1. The Balaban J connectivity index is 1.99. The van der Waals surface area contributed by atoms with E-state index < -0.39 is 0 Å². The van der Waals surface area contributed by atoms with E-state index in [4.69, 9.17) is 11.6 Å². The van der Waals surface area contributed by atoms with Crippen molar-refractivity contribution >= 4 is 34.0 Å². The molecule has 0 aliphatic rings. The van der Waals surface area contributed by atoms with Gasteiger partial charge in [0.2, 0.25) is 0 Å². The third kappa shape index (κ3) is 2.38. The molecular weight excluding hydrogens is 278 g/mol. The number of thiazole rings is 1. The van der Waals surface area contributed by atoms with Gasteiger partial charge in [0, 0.05) is 24.0 Å². The van der Waals surface area contributed by atoms with Crippen molar-refractivity contribution in [1.29, 1.82) is 0 Å². The van der Waals surface area contributed by atoms with Crippen LogP contribution in [0.2, 0.25) is 0 Å². The van der Waals surface area contributed by atoms with Gasteiger partial charge in [0.1, 0.15) is 5.82 Å². The molecule has 2 heterocycles. The predicted molar refractivity (Wildman–Crippen MR) is 79.8 cm³/mol. The van der Waals surface area contributed by atoms with Crippen molar-refractivity contribution in [2.24, 2.45) is 0 Å². The lowest BCUT2D eigenvalue weighted by Gasteiger charge is -2.12. The van der Waals surface area contributed by atoms with Crippen molar-refractivity contribution in [2.45, 2.75) is 25.3 Å². The third-order valence-corrected chi connectivity index (χ3v) is 4.43. The standard InChI is InChI=1S/C14H14ClN3S/c1-10(14-16-6-7-19-14)9-18-12-5-3-2-4-11(12)17-13(18)8-15/h2-7,10H,8-9H2,1H3. The minimum Gasteiger partial charge on any atom is -0.326 e. The zero-order valence-electron chi connectivity index (χ0n) is 10.6. The molecule has 0 saturated carbocycles. The summed E-state index contributed by atoms with van der Waals surface area (Å²) in [6, 6.07) is 8.15. The lowest BCUT2D eigenvalue weighted by molar-refractivity contribution is 0.592. The zero-order valence-corrected chi connectivity index (χ0v) is 12.2. The number of aromatic nitrogens is 3. The molecule has 0 aliphatic carbocycles. The topological polar surface area (TPSA) is 30.7 Å². The smallest absolute Gasteiger partial charge is 0.124 e. The lowest BCUT2D eigenvalue weighted by atomic mass is 10.2. The van der Waals surface area contributed by atoms with Crippen molar-refractivity contribution in [1.82, 2.24) is 14.5 Å². The summed E-state index contributed by atoms with van der Waals surface area (Å²) in [5.41, 5.74) is 2.14. The summed E-state index contributed by atoms with van der Waals surface area (Å²) in [6.45, 7) is 3.04. The van der Waals surface area contributed by atoms with Crippen LogP contribution in [0, 0.1) is 0 Å². The van der Waals surface area contributed by atoms with Gasteiger partial charge in [0.25, 0.3) is 0 Å². The summed E-state index contributed by atoms with van der Waals surface area (Å²) < 4.78 is 2.20. The lowest BCUT2D eigenvalue weighted by Crippen LogP contribution is -2.08. The summed E-state index contributed by atoms with van der Waals surface area (Å²) in [5.74, 6) is 1.71. The van der Waals surface area contributed by atoms with Crippen LogP contribution >= 0.6 is 22.9 Å². The van der Waals surface area contributed by atoms with Crippen LogP contribution in [0.15, 0.2) is 35.8 Å². The first-order valence-electron chi connectivity index (χ1n) is 6.19. The van der Waals surface area contributed by atoms with Crippen molar-refractivity contribution in [2.75, 3.05) is 0 Å². The first-order chi connectivity index (χ1) is 9.29. The fraction of sp³-hybridized carbons (Fsp3) is 0.286. The van der Waals surface area contributed by atoms with Crippen molar-refractivity contribution in [3.63, 3.8) is 0 Å². The highest BCUT2D eigenvalue weighted by molar-refractivity contribution is 7.09. The molecule has 3 rings (SSSR count). The molecule has 0 bridgehead atoms.